The molecule has 0 radical (unpaired) electrons. The summed E-state index contributed by atoms with van der Waals surface area (Å²) in [7, 11) is -2.45. The van der Waals surface area contributed by atoms with Crippen LogP contribution in [0.15, 0.2) is 23.1 Å². The van der Waals surface area contributed by atoms with Crippen molar-refractivity contribution in [3.8, 4) is 0 Å². The van der Waals surface area contributed by atoms with Crippen LogP contribution in [0.5, 0.6) is 0 Å². The van der Waals surface area contributed by atoms with E-state index in [0.29, 0.717) is 42.1 Å². The Morgan fingerprint density at radius 3 is 2.47 bits per heavy atom. The molecule has 2 heterocycles. The number of sulfonamides is 1. The van der Waals surface area contributed by atoms with Crippen molar-refractivity contribution >= 4 is 38.4 Å². The van der Waals surface area contributed by atoms with E-state index in [2.05, 4.69) is 9.71 Å². The van der Waals surface area contributed by atoms with Crippen LogP contribution in [0.3, 0.4) is 0 Å². The zero-order chi connectivity index (χ0) is 22.1. The van der Waals surface area contributed by atoms with Gasteiger partial charge in [-0.05, 0) is 45.2 Å². The number of amides is 1. The number of aromatic nitrogens is 1. The number of aryl methyl sites for hydroxylation is 3. The molecular formula is C20H25N3O5S2. The van der Waals surface area contributed by atoms with Crippen LogP contribution in [-0.4, -0.2) is 50.4 Å². The topological polar surface area (TPSA) is 106 Å². The van der Waals surface area contributed by atoms with E-state index in [9.17, 15) is 18.0 Å². The van der Waals surface area contributed by atoms with E-state index in [1.807, 2.05) is 6.92 Å². The molecule has 3 rings (SSSR count). The van der Waals surface area contributed by atoms with Gasteiger partial charge < -0.3 is 9.64 Å². The van der Waals surface area contributed by atoms with Gasteiger partial charge in [0.1, 0.15) is 4.88 Å². The molecule has 1 N–H and O–H groups in total. The minimum atomic E-state index is -3.81. The second kappa shape index (κ2) is 8.73. The van der Waals surface area contributed by atoms with Gasteiger partial charge in [-0.1, -0.05) is 29.0 Å². The van der Waals surface area contributed by atoms with Gasteiger partial charge in [0.05, 0.1) is 23.6 Å². The number of likely N-dealkylation sites (tertiary alicyclic amines) is 1. The molecule has 0 bridgehead atoms. The van der Waals surface area contributed by atoms with E-state index in [0.717, 1.165) is 16.9 Å². The molecule has 0 saturated carbocycles. The number of hydrogen-bond acceptors (Lipinski definition) is 7. The molecule has 162 valence electrons. The van der Waals surface area contributed by atoms with Gasteiger partial charge in [-0.15, -0.1) is 0 Å². The monoisotopic (exact) mass is 451 g/mol. The maximum Gasteiger partial charge on any atom is 0.308 e. The molecule has 1 aromatic carbocycles. The van der Waals surface area contributed by atoms with Crippen molar-refractivity contribution < 1.29 is 22.7 Å². The highest BCUT2D eigenvalue weighted by atomic mass is 32.2. The Morgan fingerprint density at radius 1 is 1.20 bits per heavy atom. The first-order chi connectivity index (χ1) is 14.1. The van der Waals surface area contributed by atoms with Gasteiger partial charge in [-0.2, -0.15) is 0 Å². The summed E-state index contributed by atoms with van der Waals surface area (Å²) >= 11 is 1.02. The van der Waals surface area contributed by atoms with Crippen LogP contribution >= 0.6 is 11.3 Å². The lowest BCUT2D eigenvalue weighted by molar-refractivity contribution is -0.146. The van der Waals surface area contributed by atoms with E-state index in [1.165, 1.54) is 7.11 Å². The number of benzene rings is 1. The Bertz CT molecular complexity index is 1070. The minimum absolute atomic E-state index is 0.153. The summed E-state index contributed by atoms with van der Waals surface area (Å²) in [6.45, 7) is 6.20. The van der Waals surface area contributed by atoms with Gasteiger partial charge in [-0.25, -0.2) is 13.4 Å². The molecule has 1 saturated heterocycles. The lowest BCUT2D eigenvalue weighted by atomic mass is 9.97. The van der Waals surface area contributed by atoms with Crippen molar-refractivity contribution in [1.29, 1.82) is 0 Å². The molecule has 0 unspecified atom stereocenters. The molecule has 0 spiro atoms. The molecule has 0 aliphatic carbocycles. The molecule has 0 atom stereocenters. The average Bonchev–Trinajstić information content (AvgIpc) is 3.05. The number of nitrogens with zero attached hydrogens (tertiary/aromatic N) is 2. The third-order valence-corrected chi connectivity index (χ3v) is 7.84. The fourth-order valence-corrected chi connectivity index (χ4v) is 5.93. The van der Waals surface area contributed by atoms with Crippen LogP contribution < -0.4 is 4.72 Å². The van der Waals surface area contributed by atoms with Crippen LogP contribution in [0, 0.1) is 26.7 Å². The second-order valence-corrected chi connectivity index (χ2v) is 10.0. The smallest absolute Gasteiger partial charge is 0.308 e. The lowest BCUT2D eigenvalue weighted by Gasteiger charge is -2.30. The normalized spacial score (nSPS) is 15.1. The van der Waals surface area contributed by atoms with Gasteiger partial charge >= 0.3 is 5.97 Å². The average molecular weight is 452 g/mol. The summed E-state index contributed by atoms with van der Waals surface area (Å²) in [4.78, 5) is 31.1. The van der Waals surface area contributed by atoms with Crippen LogP contribution in [0.1, 0.15) is 39.3 Å². The molecule has 1 aliphatic rings. The highest BCUT2D eigenvalue weighted by Crippen LogP contribution is 2.29. The van der Waals surface area contributed by atoms with Crippen LogP contribution in [0.2, 0.25) is 0 Å². The molecular weight excluding hydrogens is 426 g/mol. The summed E-state index contributed by atoms with van der Waals surface area (Å²) in [5, 5.41) is 0.153. The summed E-state index contributed by atoms with van der Waals surface area (Å²) in [6.07, 6.45) is 1.09. The predicted molar refractivity (Wildman–Crippen MR) is 114 cm³/mol. The minimum Gasteiger partial charge on any atom is -0.469 e. The standard InChI is InChI=1S/C20H25N3O5S2/c1-12-5-6-16(13(2)11-12)30(26,27)22-20-21-14(3)17(29-20)18(24)23-9-7-15(8-10-23)19(25)28-4/h5-6,11,15H,7-10H2,1-4H3,(H,21,22). The quantitative estimate of drug-likeness (QED) is 0.701. The summed E-state index contributed by atoms with van der Waals surface area (Å²) in [5.74, 6) is -0.647. The van der Waals surface area contributed by atoms with E-state index >= 15 is 0 Å². The number of anilines is 1. The van der Waals surface area contributed by atoms with E-state index < -0.39 is 10.0 Å². The molecule has 1 aliphatic heterocycles. The lowest BCUT2D eigenvalue weighted by Crippen LogP contribution is -2.40. The number of carbonyl (C=O) groups excluding carboxylic acids is 2. The SMILES string of the molecule is COC(=O)C1CCN(C(=O)c2sc(NS(=O)(=O)c3ccc(C)cc3C)nc2C)CC1. The Hall–Kier alpha value is -2.46. The molecule has 30 heavy (non-hydrogen) atoms. The van der Waals surface area contributed by atoms with Gasteiger partial charge in [-0.3, -0.25) is 14.3 Å². The fourth-order valence-electron chi connectivity index (χ4n) is 3.54. The molecule has 2 aromatic rings. The van der Waals surface area contributed by atoms with Gasteiger partial charge in [0.25, 0.3) is 15.9 Å². The first kappa shape index (κ1) is 22.2. The zero-order valence-electron chi connectivity index (χ0n) is 17.4. The number of carbonyl (C=O) groups is 2. The van der Waals surface area contributed by atoms with Crippen molar-refractivity contribution in [2.24, 2.45) is 5.92 Å². The highest BCUT2D eigenvalue weighted by molar-refractivity contribution is 7.93. The van der Waals surface area contributed by atoms with Gasteiger partial charge in [0, 0.05) is 13.1 Å². The van der Waals surface area contributed by atoms with Crippen LogP contribution in [0.25, 0.3) is 0 Å². The van der Waals surface area contributed by atoms with Crippen molar-refractivity contribution in [3.05, 3.63) is 39.9 Å². The summed E-state index contributed by atoms with van der Waals surface area (Å²) in [5.41, 5.74) is 2.08. The van der Waals surface area contributed by atoms with E-state index in [1.54, 1.807) is 36.9 Å². The molecule has 1 amide bonds. The number of nitrogens with one attached hydrogen (secondary N) is 1. The fraction of sp³-hybridized carbons (Fsp3) is 0.450. The van der Waals surface area contributed by atoms with E-state index in [-0.39, 0.29) is 27.8 Å². The van der Waals surface area contributed by atoms with Gasteiger partial charge in [0.2, 0.25) is 0 Å². The van der Waals surface area contributed by atoms with Crippen LogP contribution in [0.4, 0.5) is 5.13 Å². The third-order valence-electron chi connectivity index (χ3n) is 5.15. The number of methoxy groups -OCH3 is 1. The largest absolute Gasteiger partial charge is 0.469 e. The maximum atomic E-state index is 12.9. The number of piperidine rings is 1. The zero-order valence-corrected chi connectivity index (χ0v) is 19.0. The first-order valence-corrected chi connectivity index (χ1v) is 11.9. The molecule has 1 fully saturated rings. The second-order valence-electron chi connectivity index (χ2n) is 7.40. The highest BCUT2D eigenvalue weighted by Gasteiger charge is 2.30. The molecule has 10 heteroatoms. The van der Waals surface area contributed by atoms with Gasteiger partial charge in [0.15, 0.2) is 5.13 Å². The maximum absolute atomic E-state index is 12.9. The van der Waals surface area contributed by atoms with Crippen molar-refractivity contribution in [2.75, 3.05) is 24.9 Å². The summed E-state index contributed by atoms with van der Waals surface area (Å²) < 4.78 is 32.8. The predicted octanol–water partition coefficient (Wildman–Crippen LogP) is 2.89. The Kier molecular flexibility index (Phi) is 6.47. The Balaban J connectivity index is 1.74. The number of hydrogen-bond donors (Lipinski definition) is 1. The van der Waals surface area contributed by atoms with Crippen molar-refractivity contribution in [3.63, 3.8) is 0 Å². The van der Waals surface area contributed by atoms with Crippen molar-refractivity contribution in [1.82, 2.24) is 9.88 Å². The van der Waals surface area contributed by atoms with E-state index in [4.69, 9.17) is 4.74 Å². The van der Waals surface area contributed by atoms with Crippen LogP contribution in [-0.2, 0) is 19.6 Å². The van der Waals surface area contributed by atoms with Crippen molar-refractivity contribution in [2.45, 2.75) is 38.5 Å². The Labute approximate surface area is 180 Å². The number of ether oxygens (including phenoxy) is 1. The number of rotatable bonds is 5. The Morgan fingerprint density at radius 2 is 1.87 bits per heavy atom. The number of esters is 1. The number of thiazole rings is 1. The molecule has 1 aromatic heterocycles. The summed E-state index contributed by atoms with van der Waals surface area (Å²) in [6, 6.07) is 5.10. The third kappa shape index (κ3) is 4.65. The molecule has 8 nitrogen and oxygen atoms in total. The first-order valence-electron chi connectivity index (χ1n) is 9.57.